The Balaban J connectivity index is 1.71. The minimum atomic E-state index is -3.15. The molecular formula is C12H22N2O3S. The van der Waals surface area contributed by atoms with E-state index >= 15 is 0 Å². The summed E-state index contributed by atoms with van der Waals surface area (Å²) in [6.45, 7) is 3.19. The van der Waals surface area contributed by atoms with Gasteiger partial charge in [-0.1, -0.05) is 0 Å². The largest absolute Gasteiger partial charge is 0.377 e. The van der Waals surface area contributed by atoms with Crippen molar-refractivity contribution in [3.8, 4) is 0 Å². The fourth-order valence-corrected chi connectivity index (χ4v) is 5.47. The topological polar surface area (TPSA) is 58.6 Å². The van der Waals surface area contributed by atoms with Gasteiger partial charge in [-0.05, 0) is 38.1 Å². The van der Waals surface area contributed by atoms with Gasteiger partial charge in [0, 0.05) is 25.7 Å². The first-order valence-corrected chi connectivity index (χ1v) is 8.59. The third-order valence-corrected chi connectivity index (χ3v) is 6.37. The maximum absolute atomic E-state index is 12.5. The zero-order chi connectivity index (χ0) is 12.6. The van der Waals surface area contributed by atoms with Crippen LogP contribution in [0.5, 0.6) is 0 Å². The van der Waals surface area contributed by atoms with Crippen LogP contribution in [-0.2, 0) is 14.8 Å². The molecule has 3 rings (SSSR count). The van der Waals surface area contributed by atoms with Crippen LogP contribution >= 0.6 is 0 Å². The zero-order valence-electron chi connectivity index (χ0n) is 10.7. The summed E-state index contributed by atoms with van der Waals surface area (Å²) in [5.41, 5.74) is 0. The lowest BCUT2D eigenvalue weighted by atomic mass is 9.94. The lowest BCUT2D eigenvalue weighted by Gasteiger charge is -2.36. The lowest BCUT2D eigenvalue weighted by molar-refractivity contribution is 0.124. The molecule has 0 saturated carbocycles. The van der Waals surface area contributed by atoms with Gasteiger partial charge in [0.05, 0.1) is 11.9 Å². The van der Waals surface area contributed by atoms with Crippen LogP contribution in [0.1, 0.15) is 25.7 Å². The normalized spacial score (nSPS) is 37.9. The van der Waals surface area contributed by atoms with Crippen molar-refractivity contribution >= 4 is 10.0 Å². The molecule has 0 spiro atoms. The molecule has 3 aliphatic rings. The molecule has 0 aromatic rings. The second-order valence-electron chi connectivity index (χ2n) is 5.65. The molecule has 104 valence electrons. The van der Waals surface area contributed by atoms with Gasteiger partial charge >= 0.3 is 0 Å². The maximum Gasteiger partial charge on any atom is 0.216 e. The van der Waals surface area contributed by atoms with E-state index in [1.807, 2.05) is 0 Å². The number of ether oxygens (including phenoxy) is 1. The average Bonchev–Trinajstić information content (AvgIpc) is 2.97. The Morgan fingerprint density at radius 2 is 2.11 bits per heavy atom. The summed E-state index contributed by atoms with van der Waals surface area (Å²) >= 11 is 0. The molecule has 3 heterocycles. The molecular weight excluding hydrogens is 252 g/mol. The zero-order valence-corrected chi connectivity index (χ0v) is 11.5. The van der Waals surface area contributed by atoms with Gasteiger partial charge in [0.25, 0.3) is 0 Å². The minimum Gasteiger partial charge on any atom is -0.377 e. The van der Waals surface area contributed by atoms with Crippen molar-refractivity contribution in [3.05, 3.63) is 0 Å². The molecule has 0 aromatic carbocycles. The molecule has 0 amide bonds. The number of hydrogen-bond donors (Lipinski definition) is 1. The molecule has 0 aromatic heterocycles. The second-order valence-corrected chi connectivity index (χ2v) is 7.62. The van der Waals surface area contributed by atoms with Gasteiger partial charge in [-0.3, -0.25) is 0 Å². The minimum absolute atomic E-state index is 0.0789. The second kappa shape index (κ2) is 5.07. The van der Waals surface area contributed by atoms with Crippen LogP contribution in [0.25, 0.3) is 0 Å². The van der Waals surface area contributed by atoms with Gasteiger partial charge < -0.3 is 10.1 Å². The van der Waals surface area contributed by atoms with E-state index in [9.17, 15) is 8.42 Å². The molecule has 18 heavy (non-hydrogen) atoms. The molecule has 6 heteroatoms. The molecule has 0 radical (unpaired) electrons. The van der Waals surface area contributed by atoms with Crippen molar-refractivity contribution in [2.24, 2.45) is 5.92 Å². The SMILES string of the molecule is O=S(=O)(CC1CCCO1)N1CCCC2CNCC21. The number of sulfonamides is 1. The molecule has 1 N–H and O–H groups in total. The van der Waals surface area contributed by atoms with Crippen molar-refractivity contribution in [3.63, 3.8) is 0 Å². The van der Waals surface area contributed by atoms with Crippen LogP contribution in [0.4, 0.5) is 0 Å². The Labute approximate surface area is 109 Å². The summed E-state index contributed by atoms with van der Waals surface area (Å²) in [5, 5.41) is 3.32. The molecule has 3 unspecified atom stereocenters. The predicted octanol–water partition coefficient (Wildman–Crippen LogP) is 0.179. The van der Waals surface area contributed by atoms with Crippen molar-refractivity contribution in [1.29, 1.82) is 0 Å². The third-order valence-electron chi connectivity index (χ3n) is 4.41. The summed E-state index contributed by atoms with van der Waals surface area (Å²) in [6, 6.07) is 0.185. The molecule has 3 fully saturated rings. The van der Waals surface area contributed by atoms with E-state index in [0.29, 0.717) is 19.1 Å². The van der Waals surface area contributed by atoms with Crippen LogP contribution in [0, 0.1) is 5.92 Å². The van der Waals surface area contributed by atoms with E-state index in [1.165, 1.54) is 0 Å². The van der Waals surface area contributed by atoms with Crippen molar-refractivity contribution in [1.82, 2.24) is 9.62 Å². The molecule has 3 saturated heterocycles. The van der Waals surface area contributed by atoms with Gasteiger partial charge in [-0.25, -0.2) is 8.42 Å². The quantitative estimate of drug-likeness (QED) is 0.797. The maximum atomic E-state index is 12.5. The summed E-state index contributed by atoms with van der Waals surface area (Å²) < 4.78 is 32.2. The van der Waals surface area contributed by atoms with Gasteiger partial charge in [0.2, 0.25) is 10.0 Å². The fourth-order valence-electron chi connectivity index (χ4n) is 3.48. The van der Waals surface area contributed by atoms with Gasteiger partial charge in [0.15, 0.2) is 0 Å². The summed E-state index contributed by atoms with van der Waals surface area (Å²) in [7, 11) is -3.15. The van der Waals surface area contributed by atoms with Crippen molar-refractivity contribution in [2.45, 2.75) is 37.8 Å². The first-order chi connectivity index (χ1) is 8.67. The summed E-state index contributed by atoms with van der Waals surface area (Å²) in [4.78, 5) is 0. The monoisotopic (exact) mass is 274 g/mol. The van der Waals surface area contributed by atoms with Gasteiger partial charge in [-0.15, -0.1) is 0 Å². The van der Waals surface area contributed by atoms with Crippen LogP contribution in [-0.4, -0.2) is 56.9 Å². The number of rotatable bonds is 3. The Bertz CT molecular complexity index is 392. The number of fused-ring (bicyclic) bond motifs is 1. The average molecular weight is 274 g/mol. The van der Waals surface area contributed by atoms with Gasteiger partial charge in [0.1, 0.15) is 0 Å². The Morgan fingerprint density at radius 3 is 2.89 bits per heavy atom. The highest BCUT2D eigenvalue weighted by atomic mass is 32.2. The number of piperidine rings is 1. The fraction of sp³-hybridized carbons (Fsp3) is 1.00. The molecule has 0 aliphatic carbocycles. The van der Waals surface area contributed by atoms with E-state index in [1.54, 1.807) is 4.31 Å². The highest BCUT2D eigenvalue weighted by molar-refractivity contribution is 7.89. The van der Waals surface area contributed by atoms with Crippen LogP contribution < -0.4 is 5.32 Å². The molecule has 3 aliphatic heterocycles. The van der Waals surface area contributed by atoms with Crippen LogP contribution in [0.15, 0.2) is 0 Å². The first kappa shape index (κ1) is 12.8. The Morgan fingerprint density at radius 1 is 1.22 bits per heavy atom. The van der Waals surface area contributed by atoms with Crippen molar-refractivity contribution in [2.75, 3.05) is 32.0 Å². The Hall–Kier alpha value is -0.170. The number of nitrogens with zero attached hydrogens (tertiary/aromatic N) is 1. The molecule has 3 atom stereocenters. The van der Waals surface area contributed by atoms with E-state index in [-0.39, 0.29) is 17.9 Å². The van der Waals surface area contributed by atoms with E-state index in [2.05, 4.69) is 5.32 Å². The van der Waals surface area contributed by atoms with Crippen LogP contribution in [0.3, 0.4) is 0 Å². The standard InChI is InChI=1S/C12H22N2O3S/c15-18(16,9-11-4-2-6-17-11)14-5-1-3-10-7-13-8-12(10)14/h10-13H,1-9H2. The van der Waals surface area contributed by atoms with E-state index in [0.717, 1.165) is 38.8 Å². The molecule has 5 nitrogen and oxygen atoms in total. The Kier molecular flexibility index (Phi) is 3.62. The highest BCUT2D eigenvalue weighted by Gasteiger charge is 2.41. The predicted molar refractivity (Wildman–Crippen MR) is 68.8 cm³/mol. The highest BCUT2D eigenvalue weighted by Crippen LogP contribution is 2.29. The van der Waals surface area contributed by atoms with Gasteiger partial charge in [-0.2, -0.15) is 4.31 Å². The number of nitrogens with one attached hydrogen (secondary N) is 1. The van der Waals surface area contributed by atoms with Crippen LogP contribution in [0.2, 0.25) is 0 Å². The lowest BCUT2D eigenvalue weighted by Crippen LogP contribution is -2.50. The third kappa shape index (κ3) is 2.43. The summed E-state index contributed by atoms with van der Waals surface area (Å²) in [5.74, 6) is 0.689. The smallest absolute Gasteiger partial charge is 0.216 e. The molecule has 0 bridgehead atoms. The van der Waals surface area contributed by atoms with E-state index < -0.39 is 10.0 Å². The summed E-state index contributed by atoms with van der Waals surface area (Å²) in [6.07, 6.45) is 3.95. The van der Waals surface area contributed by atoms with Crippen molar-refractivity contribution < 1.29 is 13.2 Å². The first-order valence-electron chi connectivity index (χ1n) is 6.99. The van der Waals surface area contributed by atoms with E-state index in [4.69, 9.17) is 4.74 Å². The number of hydrogen-bond acceptors (Lipinski definition) is 4.